The monoisotopic (exact) mass is 216 g/mol. The number of carbonyl (C=O) groups excluding carboxylic acids is 1. The third kappa shape index (κ3) is 1.95. The van der Waals surface area contributed by atoms with Crippen LogP contribution in [0.4, 0.5) is 4.39 Å². The van der Waals surface area contributed by atoms with Gasteiger partial charge in [-0.2, -0.15) is 4.39 Å². The molecule has 0 saturated carbocycles. The fourth-order valence-corrected chi connectivity index (χ4v) is 1.36. The van der Waals surface area contributed by atoms with Crippen LogP contribution in [0.5, 0.6) is 0 Å². The number of hydrogen-bond donors (Lipinski definition) is 0. The fraction of sp³-hybridized carbons (Fsp3) is 0.0833. The highest BCUT2D eigenvalue weighted by molar-refractivity contribution is 6.07. The molecule has 0 atom stereocenters. The first-order valence-electron chi connectivity index (χ1n) is 4.77. The van der Waals surface area contributed by atoms with Gasteiger partial charge in [0.2, 0.25) is 11.7 Å². The second kappa shape index (κ2) is 4.18. The number of ketones is 1. The predicted octanol–water partition coefficient (Wildman–Crippen LogP) is 2.16. The Balaban J connectivity index is 2.44. The third-order valence-electron chi connectivity index (χ3n) is 2.12. The minimum atomic E-state index is -0.768. The number of nitrogens with zero attached hydrogens (tertiary/aromatic N) is 2. The normalized spacial score (nSPS) is 10.1. The van der Waals surface area contributed by atoms with E-state index in [0.29, 0.717) is 0 Å². The van der Waals surface area contributed by atoms with Crippen LogP contribution in [0.3, 0.4) is 0 Å². The number of aromatic nitrogens is 2. The molecule has 0 fully saturated rings. The van der Waals surface area contributed by atoms with E-state index in [1.165, 1.54) is 18.3 Å². The Hall–Kier alpha value is -2.10. The molecule has 0 aliphatic rings. The van der Waals surface area contributed by atoms with Crippen molar-refractivity contribution in [2.24, 2.45) is 0 Å². The first-order valence-corrected chi connectivity index (χ1v) is 4.77. The molecule has 2 rings (SSSR count). The van der Waals surface area contributed by atoms with E-state index in [1.54, 1.807) is 25.1 Å². The first kappa shape index (κ1) is 10.4. The lowest BCUT2D eigenvalue weighted by atomic mass is 10.1. The third-order valence-corrected chi connectivity index (χ3v) is 2.12. The van der Waals surface area contributed by atoms with Gasteiger partial charge in [-0.3, -0.25) is 4.79 Å². The Labute approximate surface area is 92.0 Å². The van der Waals surface area contributed by atoms with Gasteiger partial charge >= 0.3 is 0 Å². The van der Waals surface area contributed by atoms with Crippen LogP contribution in [0.15, 0.2) is 36.5 Å². The molecule has 0 N–H and O–H groups in total. The Morgan fingerprint density at radius 3 is 2.75 bits per heavy atom. The number of hydrogen-bond acceptors (Lipinski definition) is 3. The van der Waals surface area contributed by atoms with Crippen molar-refractivity contribution in [3.63, 3.8) is 0 Å². The van der Waals surface area contributed by atoms with E-state index in [9.17, 15) is 9.18 Å². The smallest absolute Gasteiger partial charge is 0.224 e. The number of halogens is 1. The predicted molar refractivity (Wildman–Crippen MR) is 56.6 cm³/mol. The number of carbonyl (C=O) groups is 1. The topological polar surface area (TPSA) is 42.9 Å². The molecule has 0 amide bonds. The molecule has 0 aliphatic carbocycles. The maximum atomic E-state index is 13.3. The summed E-state index contributed by atoms with van der Waals surface area (Å²) in [4.78, 5) is 19.4. The lowest BCUT2D eigenvalue weighted by molar-refractivity contribution is 0.102. The second-order valence-electron chi connectivity index (χ2n) is 3.34. The number of aryl methyl sites for hydroxylation is 1. The molecule has 0 unspecified atom stereocenters. The van der Waals surface area contributed by atoms with Crippen molar-refractivity contribution in [1.82, 2.24) is 9.97 Å². The maximum absolute atomic E-state index is 13.3. The van der Waals surface area contributed by atoms with Gasteiger partial charge in [0.1, 0.15) is 5.69 Å². The zero-order valence-corrected chi connectivity index (χ0v) is 8.64. The van der Waals surface area contributed by atoms with Crippen LogP contribution in [-0.4, -0.2) is 15.8 Å². The molecule has 0 saturated heterocycles. The van der Waals surface area contributed by atoms with Crippen molar-refractivity contribution in [3.8, 4) is 0 Å². The zero-order valence-electron chi connectivity index (χ0n) is 8.64. The molecule has 0 radical (unpaired) electrons. The summed E-state index contributed by atoms with van der Waals surface area (Å²) in [5.74, 6) is -1.22. The van der Waals surface area contributed by atoms with Gasteiger partial charge < -0.3 is 0 Å². The van der Waals surface area contributed by atoms with Gasteiger partial charge in [-0.25, -0.2) is 9.97 Å². The van der Waals surface area contributed by atoms with Crippen LogP contribution < -0.4 is 0 Å². The Morgan fingerprint density at radius 2 is 2.06 bits per heavy atom. The largest absolute Gasteiger partial charge is 0.287 e. The van der Waals surface area contributed by atoms with Gasteiger partial charge in [-0.15, -0.1) is 0 Å². The van der Waals surface area contributed by atoms with Crippen LogP contribution in [0.25, 0.3) is 0 Å². The van der Waals surface area contributed by atoms with Gasteiger partial charge in [0, 0.05) is 11.9 Å². The average molecular weight is 216 g/mol. The summed E-state index contributed by atoms with van der Waals surface area (Å²) in [5.41, 5.74) is 0.891. The fourth-order valence-electron chi connectivity index (χ4n) is 1.36. The van der Waals surface area contributed by atoms with Gasteiger partial charge in [0.15, 0.2) is 0 Å². The maximum Gasteiger partial charge on any atom is 0.224 e. The van der Waals surface area contributed by atoms with Gasteiger partial charge in [-0.1, -0.05) is 6.07 Å². The standard InChI is InChI=1S/C12H9FN2O/c1-8-4-2-6-10(15-8)11(16)9-5-3-7-14-12(9)13/h2-7H,1H3. The van der Waals surface area contributed by atoms with E-state index in [0.717, 1.165) is 5.69 Å². The summed E-state index contributed by atoms with van der Waals surface area (Å²) in [6.45, 7) is 1.77. The van der Waals surface area contributed by atoms with Crippen molar-refractivity contribution in [2.75, 3.05) is 0 Å². The van der Waals surface area contributed by atoms with Crippen molar-refractivity contribution < 1.29 is 9.18 Å². The summed E-state index contributed by atoms with van der Waals surface area (Å²) >= 11 is 0. The molecule has 4 heteroatoms. The molecule has 2 aromatic rings. The molecule has 3 nitrogen and oxygen atoms in total. The molecule has 2 aromatic heterocycles. The van der Waals surface area contributed by atoms with Crippen LogP contribution in [-0.2, 0) is 0 Å². The van der Waals surface area contributed by atoms with Gasteiger partial charge in [-0.05, 0) is 31.2 Å². The van der Waals surface area contributed by atoms with Crippen molar-refractivity contribution in [3.05, 3.63) is 59.4 Å². The summed E-state index contributed by atoms with van der Waals surface area (Å²) in [6, 6.07) is 7.96. The summed E-state index contributed by atoms with van der Waals surface area (Å²) in [6.07, 6.45) is 1.30. The zero-order chi connectivity index (χ0) is 11.5. The highest BCUT2D eigenvalue weighted by Crippen LogP contribution is 2.10. The first-order chi connectivity index (χ1) is 7.68. The molecular weight excluding hydrogens is 207 g/mol. The van der Waals surface area contributed by atoms with E-state index < -0.39 is 11.7 Å². The molecular formula is C12H9FN2O. The van der Waals surface area contributed by atoms with E-state index in [-0.39, 0.29) is 11.3 Å². The van der Waals surface area contributed by atoms with Crippen molar-refractivity contribution in [1.29, 1.82) is 0 Å². The quantitative estimate of drug-likeness (QED) is 0.570. The Kier molecular flexibility index (Phi) is 2.72. The molecule has 0 spiro atoms. The highest BCUT2D eigenvalue weighted by atomic mass is 19.1. The van der Waals surface area contributed by atoms with E-state index in [2.05, 4.69) is 9.97 Å². The van der Waals surface area contributed by atoms with Crippen molar-refractivity contribution >= 4 is 5.78 Å². The summed E-state index contributed by atoms with van der Waals surface area (Å²) in [5, 5.41) is 0. The van der Waals surface area contributed by atoms with Crippen LogP contribution in [0.1, 0.15) is 21.7 Å². The molecule has 2 heterocycles. The summed E-state index contributed by atoms with van der Waals surface area (Å²) < 4.78 is 13.3. The SMILES string of the molecule is Cc1cccc(C(=O)c2cccnc2F)n1. The molecule has 16 heavy (non-hydrogen) atoms. The van der Waals surface area contributed by atoms with E-state index in [4.69, 9.17) is 0 Å². The van der Waals surface area contributed by atoms with Crippen LogP contribution in [0.2, 0.25) is 0 Å². The second-order valence-corrected chi connectivity index (χ2v) is 3.34. The number of rotatable bonds is 2. The minimum Gasteiger partial charge on any atom is -0.287 e. The lowest BCUT2D eigenvalue weighted by Gasteiger charge is -2.01. The highest BCUT2D eigenvalue weighted by Gasteiger charge is 2.15. The van der Waals surface area contributed by atoms with Gasteiger partial charge in [0.25, 0.3) is 0 Å². The molecule has 80 valence electrons. The molecule has 0 aromatic carbocycles. The average Bonchev–Trinajstić information content (AvgIpc) is 2.29. The summed E-state index contributed by atoms with van der Waals surface area (Å²) in [7, 11) is 0. The van der Waals surface area contributed by atoms with Gasteiger partial charge in [0.05, 0.1) is 5.56 Å². The lowest BCUT2D eigenvalue weighted by Crippen LogP contribution is -2.07. The van der Waals surface area contributed by atoms with Crippen molar-refractivity contribution in [2.45, 2.75) is 6.92 Å². The van der Waals surface area contributed by atoms with Crippen LogP contribution >= 0.6 is 0 Å². The van der Waals surface area contributed by atoms with Crippen LogP contribution in [0, 0.1) is 12.9 Å². The van der Waals surface area contributed by atoms with E-state index >= 15 is 0 Å². The molecule has 0 aliphatic heterocycles. The number of pyridine rings is 2. The minimum absolute atomic E-state index is 0.0550. The Bertz CT molecular complexity index is 540. The Morgan fingerprint density at radius 1 is 1.25 bits per heavy atom. The van der Waals surface area contributed by atoms with E-state index in [1.807, 2.05) is 0 Å². The molecule has 0 bridgehead atoms.